The van der Waals surface area contributed by atoms with Gasteiger partial charge in [0.05, 0.1) is 15.7 Å². The van der Waals surface area contributed by atoms with Crippen molar-refractivity contribution in [3.8, 4) is 0 Å². The highest BCUT2D eigenvalue weighted by Crippen LogP contribution is 2.32. The lowest BCUT2D eigenvalue weighted by Gasteiger charge is -2.08. The summed E-state index contributed by atoms with van der Waals surface area (Å²) in [4.78, 5) is 0. The monoisotopic (exact) mass is 336 g/mol. The van der Waals surface area contributed by atoms with Gasteiger partial charge in [-0.3, -0.25) is 4.72 Å². The number of halogens is 2. The minimum Gasteiger partial charge on any atom is -0.326 e. The predicted octanol–water partition coefficient (Wildman–Crippen LogP) is 3.31. The van der Waals surface area contributed by atoms with Crippen molar-refractivity contribution >= 4 is 50.2 Å². The summed E-state index contributed by atoms with van der Waals surface area (Å²) in [6, 6.07) is 6.28. The fraction of sp³-hybridized carbons (Fsp3) is 0.0909. The van der Waals surface area contributed by atoms with E-state index in [1.807, 2.05) is 0 Å². The standard InChI is InChI=1S/C11H10Cl2N2O2S2/c12-8-2-1-3-9(11(8)13)15-19(16,17)10-4-7(5-14)6-18-10/h1-4,6,15H,5,14H2. The number of benzene rings is 1. The lowest BCUT2D eigenvalue weighted by atomic mass is 10.3. The van der Waals surface area contributed by atoms with Crippen molar-refractivity contribution in [2.24, 2.45) is 5.73 Å². The number of nitrogens with two attached hydrogens (primary N) is 1. The Morgan fingerprint density at radius 1 is 1.32 bits per heavy atom. The van der Waals surface area contributed by atoms with E-state index in [0.29, 0.717) is 6.54 Å². The van der Waals surface area contributed by atoms with Crippen molar-refractivity contribution in [3.05, 3.63) is 45.3 Å². The molecule has 0 saturated heterocycles. The molecule has 3 N–H and O–H groups in total. The van der Waals surface area contributed by atoms with E-state index >= 15 is 0 Å². The van der Waals surface area contributed by atoms with Crippen LogP contribution in [-0.2, 0) is 16.6 Å². The molecule has 0 aliphatic rings. The van der Waals surface area contributed by atoms with Crippen molar-refractivity contribution < 1.29 is 8.42 Å². The second-order valence-corrected chi connectivity index (χ2v) is 7.29. The Morgan fingerprint density at radius 3 is 2.68 bits per heavy atom. The van der Waals surface area contributed by atoms with E-state index in [4.69, 9.17) is 28.9 Å². The maximum absolute atomic E-state index is 12.2. The van der Waals surface area contributed by atoms with Gasteiger partial charge in [-0.2, -0.15) is 0 Å². The molecule has 0 saturated carbocycles. The van der Waals surface area contributed by atoms with Gasteiger partial charge in [0.2, 0.25) is 0 Å². The Labute approximate surface area is 125 Å². The van der Waals surface area contributed by atoms with Crippen LogP contribution in [0.5, 0.6) is 0 Å². The van der Waals surface area contributed by atoms with Crippen LogP contribution in [0, 0.1) is 0 Å². The molecule has 0 aliphatic heterocycles. The molecule has 102 valence electrons. The van der Waals surface area contributed by atoms with Crippen molar-refractivity contribution in [3.63, 3.8) is 0 Å². The summed E-state index contributed by atoms with van der Waals surface area (Å²) in [6.45, 7) is 0.296. The normalized spacial score (nSPS) is 11.5. The van der Waals surface area contributed by atoms with Crippen LogP contribution in [0.1, 0.15) is 5.56 Å². The Bertz CT molecular complexity index is 698. The van der Waals surface area contributed by atoms with Gasteiger partial charge in [0.1, 0.15) is 4.21 Å². The van der Waals surface area contributed by atoms with Crippen LogP contribution in [0.15, 0.2) is 33.9 Å². The molecule has 4 nitrogen and oxygen atoms in total. The van der Waals surface area contributed by atoms with Gasteiger partial charge in [-0.25, -0.2) is 8.42 Å². The SMILES string of the molecule is NCc1csc(S(=O)(=O)Nc2cccc(Cl)c2Cl)c1. The molecule has 1 aromatic carbocycles. The smallest absolute Gasteiger partial charge is 0.271 e. The first-order chi connectivity index (χ1) is 8.94. The number of rotatable bonds is 4. The molecule has 0 fully saturated rings. The Balaban J connectivity index is 2.33. The second kappa shape index (κ2) is 5.68. The summed E-state index contributed by atoms with van der Waals surface area (Å²) >= 11 is 12.9. The average Bonchev–Trinajstić information content (AvgIpc) is 2.84. The highest BCUT2D eigenvalue weighted by Gasteiger charge is 2.18. The van der Waals surface area contributed by atoms with E-state index in [1.54, 1.807) is 23.6 Å². The summed E-state index contributed by atoms with van der Waals surface area (Å²) in [7, 11) is -3.67. The van der Waals surface area contributed by atoms with Crippen LogP contribution >= 0.6 is 34.5 Å². The van der Waals surface area contributed by atoms with Gasteiger partial charge in [0.25, 0.3) is 10.0 Å². The summed E-state index contributed by atoms with van der Waals surface area (Å²) in [5, 5.41) is 2.16. The van der Waals surface area contributed by atoms with Gasteiger partial charge in [-0.1, -0.05) is 29.3 Å². The quantitative estimate of drug-likeness (QED) is 0.899. The van der Waals surface area contributed by atoms with Crippen molar-refractivity contribution in [1.82, 2.24) is 0 Å². The zero-order valence-corrected chi connectivity index (χ0v) is 12.7. The maximum atomic E-state index is 12.2. The molecular formula is C11H10Cl2N2O2S2. The molecule has 0 bridgehead atoms. The van der Waals surface area contributed by atoms with Crippen molar-refractivity contribution in [2.75, 3.05) is 4.72 Å². The van der Waals surface area contributed by atoms with Crippen LogP contribution in [-0.4, -0.2) is 8.42 Å². The van der Waals surface area contributed by atoms with Gasteiger partial charge in [0.15, 0.2) is 0 Å². The molecule has 8 heteroatoms. The molecule has 0 atom stereocenters. The summed E-state index contributed by atoms with van der Waals surface area (Å²) < 4.78 is 26.9. The number of hydrogen-bond donors (Lipinski definition) is 2. The summed E-state index contributed by atoms with van der Waals surface area (Å²) in [5.41, 5.74) is 6.47. The number of anilines is 1. The molecule has 0 aliphatic carbocycles. The Kier molecular flexibility index (Phi) is 4.37. The summed E-state index contributed by atoms with van der Waals surface area (Å²) in [5.74, 6) is 0. The maximum Gasteiger partial charge on any atom is 0.271 e. The van der Waals surface area contributed by atoms with E-state index in [1.165, 1.54) is 6.07 Å². The van der Waals surface area contributed by atoms with E-state index in [0.717, 1.165) is 16.9 Å². The molecule has 2 rings (SSSR count). The third kappa shape index (κ3) is 3.21. The number of thiophene rings is 1. The van der Waals surface area contributed by atoms with Crippen LogP contribution in [0.2, 0.25) is 10.0 Å². The van der Waals surface area contributed by atoms with Crippen LogP contribution in [0.25, 0.3) is 0 Å². The minimum absolute atomic E-state index is 0.170. The highest BCUT2D eigenvalue weighted by atomic mass is 35.5. The van der Waals surface area contributed by atoms with Gasteiger partial charge in [-0.05, 0) is 29.1 Å². The number of hydrogen-bond acceptors (Lipinski definition) is 4. The summed E-state index contributed by atoms with van der Waals surface area (Å²) in [6.07, 6.45) is 0. The lowest BCUT2D eigenvalue weighted by Crippen LogP contribution is -2.12. The molecular weight excluding hydrogens is 327 g/mol. The first-order valence-electron chi connectivity index (χ1n) is 5.18. The molecule has 1 aromatic heterocycles. The molecule has 0 amide bonds. The first-order valence-corrected chi connectivity index (χ1v) is 8.30. The zero-order chi connectivity index (χ0) is 14.0. The van der Waals surface area contributed by atoms with Gasteiger partial charge >= 0.3 is 0 Å². The topological polar surface area (TPSA) is 72.2 Å². The molecule has 0 spiro atoms. The largest absolute Gasteiger partial charge is 0.326 e. The van der Waals surface area contributed by atoms with E-state index in [-0.39, 0.29) is 19.9 Å². The van der Waals surface area contributed by atoms with Crippen LogP contribution < -0.4 is 10.5 Å². The molecule has 1 heterocycles. The third-order valence-electron chi connectivity index (χ3n) is 2.33. The second-order valence-electron chi connectivity index (χ2n) is 3.68. The van der Waals surface area contributed by atoms with Crippen LogP contribution in [0.4, 0.5) is 5.69 Å². The van der Waals surface area contributed by atoms with Crippen molar-refractivity contribution in [1.29, 1.82) is 0 Å². The highest BCUT2D eigenvalue weighted by molar-refractivity contribution is 7.94. The minimum atomic E-state index is -3.67. The Morgan fingerprint density at radius 2 is 2.05 bits per heavy atom. The fourth-order valence-corrected chi connectivity index (χ4v) is 4.08. The zero-order valence-electron chi connectivity index (χ0n) is 9.56. The molecule has 2 aromatic rings. The number of sulfonamides is 1. The predicted molar refractivity (Wildman–Crippen MR) is 79.5 cm³/mol. The van der Waals surface area contributed by atoms with Crippen molar-refractivity contribution in [2.45, 2.75) is 10.8 Å². The van der Waals surface area contributed by atoms with E-state index in [9.17, 15) is 8.42 Å². The molecule has 0 unspecified atom stereocenters. The van der Waals surface area contributed by atoms with Crippen LogP contribution in [0.3, 0.4) is 0 Å². The van der Waals surface area contributed by atoms with Gasteiger partial charge in [0, 0.05) is 6.54 Å². The van der Waals surface area contributed by atoms with Gasteiger partial charge < -0.3 is 5.73 Å². The lowest BCUT2D eigenvalue weighted by molar-refractivity contribution is 0.603. The molecule has 19 heavy (non-hydrogen) atoms. The first kappa shape index (κ1) is 14.6. The van der Waals surface area contributed by atoms with Gasteiger partial charge in [-0.15, -0.1) is 11.3 Å². The number of nitrogens with one attached hydrogen (secondary N) is 1. The van der Waals surface area contributed by atoms with E-state index < -0.39 is 10.0 Å². The third-order valence-corrected chi connectivity index (χ3v) is 6.00. The Hall–Kier alpha value is -0.790. The molecule has 0 radical (unpaired) electrons. The average molecular weight is 337 g/mol. The fourth-order valence-electron chi connectivity index (χ4n) is 1.38. The van der Waals surface area contributed by atoms with E-state index in [2.05, 4.69) is 4.72 Å².